The fraction of sp³-hybridized carbons (Fsp3) is 0.368. The molecule has 0 heterocycles. The second-order valence-corrected chi connectivity index (χ2v) is 10.7. The van der Waals surface area contributed by atoms with Crippen LogP contribution in [0.1, 0.15) is 49.8 Å². The van der Waals surface area contributed by atoms with Crippen molar-refractivity contribution in [2.45, 2.75) is 43.2 Å². The Hall–Kier alpha value is -0.0969. The minimum atomic E-state index is -0.629. The predicted octanol–water partition coefficient (Wildman–Crippen LogP) is 6.18. The molecule has 118 valence electrons. The van der Waals surface area contributed by atoms with Gasteiger partial charge in [-0.1, -0.05) is 0 Å². The van der Waals surface area contributed by atoms with Crippen LogP contribution in [0.5, 0.6) is 0 Å². The van der Waals surface area contributed by atoms with Gasteiger partial charge >= 0.3 is 134 Å². The second kappa shape index (κ2) is 8.14. The minimum absolute atomic E-state index is 0. The zero-order valence-electron chi connectivity index (χ0n) is 13.5. The molecule has 0 fully saturated rings. The standard InChI is InChI=1S/C11H11.C8H11.2ClH.Zr/c1-8-4-3-5-10-7-6-9(2)11(8)10;1-2-5-8-6-3-4-7-8;;;/h3-7H,1-2H3;3,6H,2,4-5H2,1H3;2*1H;. The van der Waals surface area contributed by atoms with E-state index in [0.717, 1.165) is 0 Å². The molecular formula is C19H24Cl2Zr. The van der Waals surface area contributed by atoms with Crippen LogP contribution in [0.15, 0.2) is 45.3 Å². The van der Waals surface area contributed by atoms with E-state index in [4.69, 9.17) is 0 Å². The van der Waals surface area contributed by atoms with Crippen molar-refractivity contribution in [3.8, 4) is 0 Å². The molecule has 0 nitrogen and oxygen atoms in total. The molecule has 3 heteroatoms. The molecule has 0 aliphatic heterocycles. The SMILES string of the molecule is CCCC1=[C]([Zr][C]2(C)C=Cc3cccc(C)c32)CC=C1.Cl.Cl. The molecule has 3 rings (SSSR count). The molecule has 2 aliphatic rings. The van der Waals surface area contributed by atoms with E-state index in [2.05, 4.69) is 63.3 Å². The average Bonchev–Trinajstić information content (AvgIpc) is 2.97. The van der Waals surface area contributed by atoms with Crippen LogP contribution in [0.25, 0.3) is 6.08 Å². The summed E-state index contributed by atoms with van der Waals surface area (Å²) in [6, 6.07) is 6.74. The molecule has 0 saturated carbocycles. The molecule has 0 aromatic heterocycles. The number of hydrogen-bond acceptors (Lipinski definition) is 0. The summed E-state index contributed by atoms with van der Waals surface area (Å²) in [5, 5.41) is 0. The van der Waals surface area contributed by atoms with E-state index in [1.54, 1.807) is 11.1 Å². The molecule has 0 spiro atoms. The number of fused-ring (bicyclic) bond motifs is 1. The average molecular weight is 415 g/mol. The van der Waals surface area contributed by atoms with Gasteiger partial charge in [0.1, 0.15) is 0 Å². The van der Waals surface area contributed by atoms with Crippen molar-refractivity contribution in [2.24, 2.45) is 0 Å². The van der Waals surface area contributed by atoms with Gasteiger partial charge in [-0.15, -0.1) is 24.8 Å². The Labute approximate surface area is 158 Å². The van der Waals surface area contributed by atoms with Crippen LogP contribution in [-0.2, 0) is 26.4 Å². The third kappa shape index (κ3) is 3.69. The van der Waals surface area contributed by atoms with Crippen molar-refractivity contribution in [1.29, 1.82) is 0 Å². The summed E-state index contributed by atoms with van der Waals surface area (Å²) in [4.78, 5) is 0. The predicted molar refractivity (Wildman–Crippen MR) is 97.8 cm³/mol. The van der Waals surface area contributed by atoms with Gasteiger partial charge in [0.05, 0.1) is 0 Å². The Bertz CT molecular complexity index is 628. The van der Waals surface area contributed by atoms with Gasteiger partial charge in [-0.3, -0.25) is 0 Å². The maximum Gasteiger partial charge on any atom is -0.147 e. The third-order valence-corrected chi connectivity index (χ3v) is 8.71. The van der Waals surface area contributed by atoms with E-state index in [1.165, 1.54) is 30.4 Å². The topological polar surface area (TPSA) is 0 Å². The second-order valence-electron chi connectivity index (χ2n) is 6.06. The molecule has 0 radical (unpaired) electrons. The Morgan fingerprint density at radius 1 is 1.18 bits per heavy atom. The number of allylic oxidation sites excluding steroid dienone is 5. The number of benzene rings is 1. The van der Waals surface area contributed by atoms with E-state index in [9.17, 15) is 0 Å². The first-order valence-corrected chi connectivity index (χ1v) is 10.1. The van der Waals surface area contributed by atoms with Crippen LogP contribution < -0.4 is 0 Å². The first kappa shape index (κ1) is 19.9. The van der Waals surface area contributed by atoms with Crippen LogP contribution in [0.4, 0.5) is 0 Å². The van der Waals surface area contributed by atoms with Gasteiger partial charge < -0.3 is 0 Å². The van der Waals surface area contributed by atoms with Crippen LogP contribution in [0.3, 0.4) is 0 Å². The maximum absolute atomic E-state index is 2.49. The van der Waals surface area contributed by atoms with Crippen molar-refractivity contribution < 1.29 is 23.2 Å². The Balaban J connectivity index is 0.00000121. The Morgan fingerprint density at radius 3 is 2.68 bits per heavy atom. The zero-order chi connectivity index (χ0) is 14.2. The van der Waals surface area contributed by atoms with Crippen LogP contribution in [0.2, 0.25) is 0 Å². The summed E-state index contributed by atoms with van der Waals surface area (Å²) >= 11 is -0.629. The van der Waals surface area contributed by atoms with Gasteiger partial charge in [0.25, 0.3) is 0 Å². The molecule has 22 heavy (non-hydrogen) atoms. The Morgan fingerprint density at radius 2 is 1.95 bits per heavy atom. The van der Waals surface area contributed by atoms with Crippen molar-refractivity contribution in [1.82, 2.24) is 0 Å². The van der Waals surface area contributed by atoms with Crippen molar-refractivity contribution in [2.75, 3.05) is 0 Å². The van der Waals surface area contributed by atoms with E-state index < -0.39 is 23.2 Å². The number of aryl methyl sites for hydroxylation is 1. The van der Waals surface area contributed by atoms with Gasteiger partial charge in [-0.2, -0.15) is 0 Å². The largest absolute Gasteiger partial charge is 0.147 e. The minimum Gasteiger partial charge on any atom is -0.147 e. The van der Waals surface area contributed by atoms with E-state index in [-0.39, 0.29) is 24.8 Å². The van der Waals surface area contributed by atoms with Crippen LogP contribution in [-0.4, -0.2) is 0 Å². The summed E-state index contributed by atoms with van der Waals surface area (Å²) in [6.45, 7) is 7.04. The molecule has 0 bridgehead atoms. The fourth-order valence-corrected chi connectivity index (χ4v) is 8.03. The normalized spacial score (nSPS) is 21.4. The molecule has 1 aromatic carbocycles. The summed E-state index contributed by atoms with van der Waals surface area (Å²) in [6.07, 6.45) is 13.4. The van der Waals surface area contributed by atoms with E-state index in [0.29, 0.717) is 3.12 Å². The Kier molecular flexibility index (Phi) is 7.38. The molecule has 1 atom stereocenters. The summed E-state index contributed by atoms with van der Waals surface area (Å²) < 4.78 is 2.17. The van der Waals surface area contributed by atoms with E-state index >= 15 is 0 Å². The molecule has 1 aromatic rings. The first-order chi connectivity index (χ1) is 9.64. The quantitative estimate of drug-likeness (QED) is 0.552. The van der Waals surface area contributed by atoms with Gasteiger partial charge in [0.2, 0.25) is 0 Å². The van der Waals surface area contributed by atoms with Gasteiger partial charge in [-0.05, 0) is 0 Å². The fourth-order valence-electron chi connectivity index (χ4n) is 3.48. The van der Waals surface area contributed by atoms with E-state index in [1.807, 2.05) is 3.28 Å². The van der Waals surface area contributed by atoms with Gasteiger partial charge in [0.15, 0.2) is 0 Å². The molecule has 0 N–H and O–H groups in total. The first-order valence-electron chi connectivity index (χ1n) is 7.60. The summed E-state index contributed by atoms with van der Waals surface area (Å²) in [5.41, 5.74) is 6.20. The van der Waals surface area contributed by atoms with Gasteiger partial charge in [0, 0.05) is 0 Å². The molecule has 2 aliphatic carbocycles. The number of rotatable bonds is 4. The van der Waals surface area contributed by atoms with Crippen LogP contribution in [0, 0.1) is 6.92 Å². The molecule has 1 unspecified atom stereocenters. The van der Waals surface area contributed by atoms with Gasteiger partial charge in [-0.25, -0.2) is 0 Å². The van der Waals surface area contributed by atoms with Crippen LogP contribution >= 0.6 is 24.8 Å². The van der Waals surface area contributed by atoms with Crippen molar-refractivity contribution in [3.05, 3.63) is 62.0 Å². The summed E-state index contributed by atoms with van der Waals surface area (Å²) in [5.74, 6) is 0. The maximum atomic E-state index is 2.49. The van der Waals surface area contributed by atoms with Crippen molar-refractivity contribution in [3.63, 3.8) is 0 Å². The smallest absolute Gasteiger partial charge is 0.147 e. The monoisotopic (exact) mass is 412 g/mol. The number of hydrogen-bond donors (Lipinski definition) is 0. The molecule has 0 amide bonds. The third-order valence-electron chi connectivity index (χ3n) is 4.38. The number of halogens is 2. The zero-order valence-corrected chi connectivity index (χ0v) is 17.6. The molecular weight excluding hydrogens is 390 g/mol. The summed E-state index contributed by atoms with van der Waals surface area (Å²) in [7, 11) is 0. The molecule has 0 saturated heterocycles. The van der Waals surface area contributed by atoms with Crippen molar-refractivity contribution >= 4 is 30.9 Å².